The summed E-state index contributed by atoms with van der Waals surface area (Å²) in [5.41, 5.74) is 7.62. The number of thiazole rings is 1. The molecule has 0 unspecified atom stereocenters. The number of fused-ring (bicyclic) bond motifs is 1. The molecule has 3 aromatic rings. The minimum absolute atomic E-state index is 0.826. The first-order valence-corrected chi connectivity index (χ1v) is 10.6. The standard InChI is InChI=1S/C23H22N4S/c1-2-6-17-13-19(10-9-16(17)5-1)18-7-3-8-20(14-18)21-15-28-23(26-21)27-22-24-11-4-12-25-22/h1-3,5-8,13-15H,4,9-12H2,(H2,24,25,26,27). The van der Waals surface area contributed by atoms with Crippen LogP contribution in [0.3, 0.4) is 0 Å². The highest BCUT2D eigenvalue weighted by molar-refractivity contribution is 7.14. The molecule has 0 amide bonds. The second-order valence-electron chi connectivity index (χ2n) is 7.12. The van der Waals surface area contributed by atoms with Crippen molar-refractivity contribution >= 4 is 34.1 Å². The first-order chi connectivity index (χ1) is 13.8. The van der Waals surface area contributed by atoms with E-state index < -0.39 is 0 Å². The second-order valence-corrected chi connectivity index (χ2v) is 7.98. The van der Waals surface area contributed by atoms with Crippen LogP contribution in [0.25, 0.3) is 22.9 Å². The van der Waals surface area contributed by atoms with Crippen LogP contribution in [0.15, 0.2) is 58.9 Å². The third-order valence-corrected chi connectivity index (χ3v) is 5.96. The van der Waals surface area contributed by atoms with E-state index >= 15 is 0 Å². The molecular weight excluding hydrogens is 364 g/mol. The molecule has 2 aromatic carbocycles. The summed E-state index contributed by atoms with van der Waals surface area (Å²) in [6.07, 6.45) is 5.60. The predicted molar refractivity (Wildman–Crippen MR) is 119 cm³/mol. The molecule has 2 heterocycles. The molecular formula is C23H22N4S. The van der Waals surface area contributed by atoms with Crippen LogP contribution in [0, 0.1) is 0 Å². The molecule has 0 spiro atoms. The van der Waals surface area contributed by atoms with Gasteiger partial charge < -0.3 is 10.6 Å². The minimum atomic E-state index is 0.826. The monoisotopic (exact) mass is 386 g/mol. The molecule has 0 fully saturated rings. The van der Waals surface area contributed by atoms with Crippen molar-refractivity contribution in [2.24, 2.45) is 4.99 Å². The summed E-state index contributed by atoms with van der Waals surface area (Å²) in [7, 11) is 0. The number of hydrogen-bond donors (Lipinski definition) is 2. The quantitative estimate of drug-likeness (QED) is 0.662. The summed E-state index contributed by atoms with van der Waals surface area (Å²) in [4.78, 5) is 9.22. The van der Waals surface area contributed by atoms with Crippen LogP contribution in [0.5, 0.6) is 0 Å². The Bertz CT molecular complexity index is 1060. The number of aryl methyl sites for hydroxylation is 1. The van der Waals surface area contributed by atoms with Crippen molar-refractivity contribution in [1.82, 2.24) is 10.3 Å². The lowest BCUT2D eigenvalue weighted by Gasteiger charge is -2.17. The maximum Gasteiger partial charge on any atom is 0.197 e. The fourth-order valence-electron chi connectivity index (χ4n) is 3.72. The van der Waals surface area contributed by atoms with E-state index in [1.165, 1.54) is 22.3 Å². The van der Waals surface area contributed by atoms with Crippen molar-refractivity contribution in [1.29, 1.82) is 0 Å². The van der Waals surface area contributed by atoms with Gasteiger partial charge in [-0.1, -0.05) is 48.5 Å². The molecule has 1 aromatic heterocycles. The third-order valence-electron chi connectivity index (χ3n) is 5.20. The van der Waals surface area contributed by atoms with Gasteiger partial charge in [-0.3, -0.25) is 4.99 Å². The Morgan fingerprint density at radius 3 is 2.86 bits per heavy atom. The largest absolute Gasteiger partial charge is 0.356 e. The molecule has 1 aliphatic heterocycles. The molecule has 2 N–H and O–H groups in total. The Hall–Kier alpha value is -2.92. The topological polar surface area (TPSA) is 49.3 Å². The highest BCUT2D eigenvalue weighted by atomic mass is 32.1. The van der Waals surface area contributed by atoms with E-state index in [9.17, 15) is 0 Å². The fraction of sp³-hybridized carbons (Fsp3) is 0.217. The molecule has 5 heteroatoms. The zero-order valence-electron chi connectivity index (χ0n) is 15.6. The van der Waals surface area contributed by atoms with Crippen molar-refractivity contribution < 1.29 is 0 Å². The number of benzene rings is 2. The number of rotatable bonds is 3. The molecule has 4 nitrogen and oxygen atoms in total. The van der Waals surface area contributed by atoms with Gasteiger partial charge >= 0.3 is 0 Å². The Morgan fingerprint density at radius 2 is 1.93 bits per heavy atom. The maximum absolute atomic E-state index is 4.76. The lowest BCUT2D eigenvalue weighted by Crippen LogP contribution is -2.35. The summed E-state index contributed by atoms with van der Waals surface area (Å²) in [6.45, 7) is 1.83. The minimum Gasteiger partial charge on any atom is -0.356 e. The van der Waals surface area contributed by atoms with Crippen LogP contribution >= 0.6 is 11.3 Å². The van der Waals surface area contributed by atoms with Crippen molar-refractivity contribution in [3.05, 3.63) is 70.6 Å². The van der Waals surface area contributed by atoms with Gasteiger partial charge in [0.15, 0.2) is 11.1 Å². The Morgan fingerprint density at radius 1 is 1.00 bits per heavy atom. The van der Waals surface area contributed by atoms with Gasteiger partial charge in [-0.2, -0.15) is 0 Å². The van der Waals surface area contributed by atoms with E-state index in [1.807, 2.05) is 0 Å². The first-order valence-electron chi connectivity index (χ1n) is 9.75. The summed E-state index contributed by atoms with van der Waals surface area (Å²) in [5, 5.41) is 9.55. The molecule has 0 bridgehead atoms. The van der Waals surface area contributed by atoms with Gasteiger partial charge in [0.2, 0.25) is 0 Å². The van der Waals surface area contributed by atoms with Crippen LogP contribution in [0.2, 0.25) is 0 Å². The smallest absolute Gasteiger partial charge is 0.197 e. The lowest BCUT2D eigenvalue weighted by atomic mass is 9.88. The van der Waals surface area contributed by atoms with E-state index in [0.29, 0.717) is 0 Å². The van der Waals surface area contributed by atoms with E-state index in [-0.39, 0.29) is 0 Å². The average Bonchev–Trinajstić information content (AvgIpc) is 3.23. The highest BCUT2D eigenvalue weighted by Gasteiger charge is 2.13. The van der Waals surface area contributed by atoms with Gasteiger partial charge in [0.05, 0.1) is 5.69 Å². The number of aliphatic imine (C=N–C) groups is 1. The Labute approximate surface area is 169 Å². The highest BCUT2D eigenvalue weighted by Crippen LogP contribution is 2.33. The van der Waals surface area contributed by atoms with Crippen LogP contribution in [0.1, 0.15) is 29.5 Å². The number of hydrogen-bond acceptors (Lipinski definition) is 5. The molecule has 28 heavy (non-hydrogen) atoms. The van der Waals surface area contributed by atoms with Gasteiger partial charge in [0, 0.05) is 24.0 Å². The first kappa shape index (κ1) is 17.2. The van der Waals surface area contributed by atoms with E-state index in [2.05, 4.69) is 75.6 Å². The van der Waals surface area contributed by atoms with Gasteiger partial charge in [0.1, 0.15) is 0 Å². The van der Waals surface area contributed by atoms with Crippen molar-refractivity contribution in [3.63, 3.8) is 0 Å². The molecule has 0 saturated carbocycles. The average molecular weight is 387 g/mol. The number of nitrogens with one attached hydrogen (secondary N) is 2. The number of allylic oxidation sites excluding steroid dienone is 1. The van der Waals surface area contributed by atoms with Crippen LogP contribution in [-0.2, 0) is 6.42 Å². The number of guanidine groups is 1. The molecule has 140 valence electrons. The molecule has 2 aliphatic rings. The van der Waals surface area contributed by atoms with Gasteiger partial charge in [-0.15, -0.1) is 11.3 Å². The molecule has 0 saturated heterocycles. The number of aromatic nitrogens is 1. The number of nitrogens with zero attached hydrogens (tertiary/aromatic N) is 2. The normalized spacial score (nSPS) is 15.9. The van der Waals surface area contributed by atoms with Crippen LogP contribution in [0.4, 0.5) is 5.13 Å². The summed E-state index contributed by atoms with van der Waals surface area (Å²) < 4.78 is 0. The van der Waals surface area contributed by atoms with E-state index in [1.54, 1.807) is 11.3 Å². The van der Waals surface area contributed by atoms with Crippen LogP contribution in [-0.4, -0.2) is 24.0 Å². The fourth-order valence-corrected chi connectivity index (χ4v) is 4.44. The maximum atomic E-state index is 4.76. The van der Waals surface area contributed by atoms with Crippen molar-refractivity contribution in [3.8, 4) is 11.3 Å². The van der Waals surface area contributed by atoms with Gasteiger partial charge in [-0.05, 0) is 47.6 Å². The second kappa shape index (κ2) is 7.60. The molecule has 1 aliphatic carbocycles. The van der Waals surface area contributed by atoms with Crippen molar-refractivity contribution in [2.45, 2.75) is 19.3 Å². The van der Waals surface area contributed by atoms with Gasteiger partial charge in [-0.25, -0.2) is 4.98 Å². The van der Waals surface area contributed by atoms with Crippen LogP contribution < -0.4 is 10.6 Å². The van der Waals surface area contributed by atoms with Gasteiger partial charge in [0.25, 0.3) is 0 Å². The Kier molecular flexibility index (Phi) is 4.67. The summed E-state index contributed by atoms with van der Waals surface area (Å²) in [5.74, 6) is 0.826. The molecule has 5 rings (SSSR count). The number of anilines is 1. The summed E-state index contributed by atoms with van der Waals surface area (Å²) in [6, 6.07) is 17.4. The molecule has 0 radical (unpaired) electrons. The third kappa shape index (κ3) is 3.58. The van der Waals surface area contributed by atoms with Crippen molar-refractivity contribution in [2.75, 3.05) is 18.4 Å². The summed E-state index contributed by atoms with van der Waals surface area (Å²) >= 11 is 1.61. The lowest BCUT2D eigenvalue weighted by molar-refractivity contribution is 0.740. The zero-order chi connectivity index (χ0) is 18.8. The molecule has 0 atom stereocenters. The SMILES string of the molecule is C1=C(c2cccc(-c3csc(NC4=NCCCN4)n3)c2)CCc2ccccc21. The van der Waals surface area contributed by atoms with E-state index in [4.69, 9.17) is 4.98 Å². The Balaban J connectivity index is 1.39. The van der Waals surface area contributed by atoms with E-state index in [0.717, 1.165) is 54.7 Å². The predicted octanol–water partition coefficient (Wildman–Crippen LogP) is 5.06. The zero-order valence-corrected chi connectivity index (χ0v) is 16.4.